The highest BCUT2D eigenvalue weighted by Gasteiger charge is 2.14. The van der Waals surface area contributed by atoms with Crippen LogP contribution in [0, 0.1) is 11.3 Å². The summed E-state index contributed by atoms with van der Waals surface area (Å²) in [7, 11) is 1.91. The van der Waals surface area contributed by atoms with Crippen LogP contribution in [-0.2, 0) is 12.8 Å². The first kappa shape index (κ1) is 10.2. The van der Waals surface area contributed by atoms with Gasteiger partial charge in [-0.15, -0.1) is 0 Å². The van der Waals surface area contributed by atoms with Gasteiger partial charge in [0.05, 0.1) is 12.5 Å². The molecule has 1 N–H and O–H groups in total. The molecule has 1 unspecified atom stereocenters. The summed E-state index contributed by atoms with van der Waals surface area (Å²) in [6, 6.07) is 9.05. The Morgan fingerprint density at radius 3 is 2.93 bits per heavy atom. The Bertz CT molecular complexity index is 390. The van der Waals surface area contributed by atoms with E-state index in [1.165, 1.54) is 36.0 Å². The zero-order valence-electron chi connectivity index (χ0n) is 9.09. The van der Waals surface area contributed by atoms with Crippen molar-refractivity contribution in [3.63, 3.8) is 0 Å². The summed E-state index contributed by atoms with van der Waals surface area (Å²) in [4.78, 5) is 0. The van der Waals surface area contributed by atoms with Gasteiger partial charge >= 0.3 is 0 Å². The smallest absolute Gasteiger partial charge is 0.0641 e. The molecule has 0 aromatic heterocycles. The monoisotopic (exact) mass is 200 g/mol. The summed E-state index contributed by atoms with van der Waals surface area (Å²) in [5.74, 6) is 0. The number of rotatable bonds is 3. The predicted octanol–water partition coefficient (Wildman–Crippen LogP) is 2.35. The molecule has 0 radical (unpaired) electrons. The SMILES string of the molecule is CNC(CC#N)c1ccc2c(c1)CCC2. The molecule has 0 spiro atoms. The lowest BCUT2D eigenvalue weighted by molar-refractivity contribution is 0.608. The molecule has 0 heterocycles. The zero-order valence-corrected chi connectivity index (χ0v) is 9.09. The van der Waals surface area contributed by atoms with Gasteiger partial charge in [0.2, 0.25) is 0 Å². The summed E-state index contributed by atoms with van der Waals surface area (Å²) in [6.45, 7) is 0. The quantitative estimate of drug-likeness (QED) is 0.813. The van der Waals surface area contributed by atoms with E-state index in [0.29, 0.717) is 6.42 Å². The van der Waals surface area contributed by atoms with E-state index in [1.807, 2.05) is 7.05 Å². The van der Waals surface area contributed by atoms with Gasteiger partial charge in [-0.1, -0.05) is 18.2 Å². The summed E-state index contributed by atoms with van der Waals surface area (Å²) >= 11 is 0. The second kappa shape index (κ2) is 4.46. The molecule has 2 rings (SSSR count). The van der Waals surface area contributed by atoms with Crippen molar-refractivity contribution >= 4 is 0 Å². The molecule has 0 saturated carbocycles. The van der Waals surface area contributed by atoms with E-state index in [2.05, 4.69) is 29.6 Å². The molecule has 15 heavy (non-hydrogen) atoms. The Morgan fingerprint density at radius 1 is 1.40 bits per heavy atom. The van der Waals surface area contributed by atoms with Crippen LogP contribution < -0.4 is 5.32 Å². The summed E-state index contributed by atoms with van der Waals surface area (Å²) < 4.78 is 0. The maximum atomic E-state index is 8.73. The molecule has 0 aliphatic heterocycles. The first-order valence-corrected chi connectivity index (χ1v) is 5.51. The molecule has 0 saturated heterocycles. The lowest BCUT2D eigenvalue weighted by atomic mass is 9.99. The van der Waals surface area contributed by atoms with E-state index in [9.17, 15) is 0 Å². The Labute approximate surface area is 90.9 Å². The summed E-state index contributed by atoms with van der Waals surface area (Å²) in [6.07, 6.45) is 4.24. The third-order valence-corrected chi connectivity index (χ3v) is 3.17. The fourth-order valence-electron chi connectivity index (χ4n) is 2.29. The van der Waals surface area contributed by atoms with Crippen LogP contribution in [0.25, 0.3) is 0 Å². The van der Waals surface area contributed by atoms with Gasteiger partial charge in [0.25, 0.3) is 0 Å². The largest absolute Gasteiger partial charge is 0.312 e. The van der Waals surface area contributed by atoms with Gasteiger partial charge in [-0.25, -0.2) is 0 Å². The van der Waals surface area contributed by atoms with Crippen molar-refractivity contribution in [2.75, 3.05) is 7.05 Å². The number of nitrogens with zero attached hydrogens (tertiary/aromatic N) is 1. The third-order valence-electron chi connectivity index (χ3n) is 3.17. The third kappa shape index (κ3) is 2.03. The highest BCUT2D eigenvalue weighted by molar-refractivity contribution is 5.36. The van der Waals surface area contributed by atoms with Gasteiger partial charge < -0.3 is 5.32 Å². The van der Waals surface area contributed by atoms with Crippen LogP contribution in [0.2, 0.25) is 0 Å². The van der Waals surface area contributed by atoms with Crippen LogP contribution in [0.3, 0.4) is 0 Å². The minimum absolute atomic E-state index is 0.181. The van der Waals surface area contributed by atoms with Crippen molar-refractivity contribution in [1.82, 2.24) is 5.32 Å². The number of aryl methyl sites for hydroxylation is 2. The van der Waals surface area contributed by atoms with Crippen molar-refractivity contribution in [2.24, 2.45) is 0 Å². The van der Waals surface area contributed by atoms with Crippen molar-refractivity contribution in [2.45, 2.75) is 31.7 Å². The maximum absolute atomic E-state index is 8.73. The fourth-order valence-corrected chi connectivity index (χ4v) is 2.29. The molecular formula is C13H16N2. The Balaban J connectivity index is 2.25. The molecule has 1 aliphatic rings. The number of fused-ring (bicyclic) bond motifs is 1. The second-order valence-electron chi connectivity index (χ2n) is 4.09. The Hall–Kier alpha value is -1.33. The topological polar surface area (TPSA) is 35.8 Å². The molecule has 1 aliphatic carbocycles. The Morgan fingerprint density at radius 2 is 2.20 bits per heavy atom. The Kier molecular flexibility index (Phi) is 3.03. The fraction of sp³-hybridized carbons (Fsp3) is 0.462. The number of hydrogen-bond donors (Lipinski definition) is 1. The number of hydrogen-bond acceptors (Lipinski definition) is 2. The lowest BCUT2D eigenvalue weighted by Gasteiger charge is -2.14. The minimum atomic E-state index is 0.181. The van der Waals surface area contributed by atoms with E-state index in [4.69, 9.17) is 5.26 Å². The molecule has 1 aromatic rings. The minimum Gasteiger partial charge on any atom is -0.312 e. The molecule has 2 heteroatoms. The van der Waals surface area contributed by atoms with Crippen LogP contribution in [0.5, 0.6) is 0 Å². The van der Waals surface area contributed by atoms with Gasteiger partial charge in [0, 0.05) is 6.04 Å². The first-order chi connectivity index (χ1) is 7.35. The molecular weight excluding hydrogens is 184 g/mol. The van der Waals surface area contributed by atoms with E-state index < -0.39 is 0 Å². The maximum Gasteiger partial charge on any atom is 0.0641 e. The molecule has 0 bridgehead atoms. The van der Waals surface area contributed by atoms with Gasteiger partial charge in [0.1, 0.15) is 0 Å². The molecule has 0 amide bonds. The average Bonchev–Trinajstić information content (AvgIpc) is 2.72. The van der Waals surface area contributed by atoms with Crippen LogP contribution in [0.1, 0.15) is 35.6 Å². The van der Waals surface area contributed by atoms with E-state index in [-0.39, 0.29) is 6.04 Å². The summed E-state index contributed by atoms with van der Waals surface area (Å²) in [5, 5.41) is 11.9. The normalized spacial score (nSPS) is 15.7. The van der Waals surface area contributed by atoms with Crippen LogP contribution in [0.15, 0.2) is 18.2 Å². The lowest BCUT2D eigenvalue weighted by Crippen LogP contribution is -2.15. The first-order valence-electron chi connectivity index (χ1n) is 5.51. The van der Waals surface area contributed by atoms with Crippen LogP contribution >= 0.6 is 0 Å². The second-order valence-corrected chi connectivity index (χ2v) is 4.09. The van der Waals surface area contributed by atoms with Gasteiger partial charge in [-0.2, -0.15) is 5.26 Å². The van der Waals surface area contributed by atoms with Crippen molar-refractivity contribution in [3.8, 4) is 6.07 Å². The zero-order chi connectivity index (χ0) is 10.7. The summed E-state index contributed by atoms with van der Waals surface area (Å²) in [5.41, 5.74) is 4.22. The van der Waals surface area contributed by atoms with Gasteiger partial charge in [0.15, 0.2) is 0 Å². The number of benzene rings is 1. The number of nitriles is 1. The molecule has 1 atom stereocenters. The van der Waals surface area contributed by atoms with E-state index >= 15 is 0 Å². The molecule has 1 aromatic carbocycles. The van der Waals surface area contributed by atoms with Gasteiger partial charge in [-0.3, -0.25) is 0 Å². The standard InChI is InChI=1S/C13H16N2/c1-15-13(7-8-14)12-6-5-10-3-2-4-11(10)9-12/h5-6,9,13,15H,2-4,7H2,1H3. The van der Waals surface area contributed by atoms with Crippen molar-refractivity contribution in [3.05, 3.63) is 34.9 Å². The predicted molar refractivity (Wildman–Crippen MR) is 60.5 cm³/mol. The van der Waals surface area contributed by atoms with Crippen LogP contribution in [-0.4, -0.2) is 7.05 Å². The van der Waals surface area contributed by atoms with Crippen molar-refractivity contribution in [1.29, 1.82) is 5.26 Å². The van der Waals surface area contributed by atoms with E-state index in [0.717, 1.165) is 0 Å². The van der Waals surface area contributed by atoms with Gasteiger partial charge in [-0.05, 0) is 43.0 Å². The average molecular weight is 200 g/mol. The highest BCUT2D eigenvalue weighted by atomic mass is 14.9. The molecule has 2 nitrogen and oxygen atoms in total. The molecule has 0 fully saturated rings. The van der Waals surface area contributed by atoms with Crippen molar-refractivity contribution < 1.29 is 0 Å². The van der Waals surface area contributed by atoms with E-state index in [1.54, 1.807) is 0 Å². The molecule has 78 valence electrons. The van der Waals surface area contributed by atoms with Crippen LogP contribution in [0.4, 0.5) is 0 Å². The number of nitrogens with one attached hydrogen (secondary N) is 1. The highest BCUT2D eigenvalue weighted by Crippen LogP contribution is 2.26.